The van der Waals surface area contributed by atoms with Crippen LogP contribution in [0.2, 0.25) is 0 Å². The minimum absolute atomic E-state index is 0.0586. The molecule has 0 N–H and O–H groups in total. The Balaban J connectivity index is 1.55. The van der Waals surface area contributed by atoms with E-state index in [1.165, 1.54) is 128 Å². The number of phosphoric ester groups is 2. The summed E-state index contributed by atoms with van der Waals surface area (Å²) < 4.78 is 72.4. The Bertz CT molecular complexity index is 2360. The van der Waals surface area contributed by atoms with Crippen molar-refractivity contribution in [1.29, 1.82) is 0 Å². The molecule has 2 heterocycles. The van der Waals surface area contributed by atoms with Crippen molar-refractivity contribution in [1.82, 2.24) is 30.0 Å². The van der Waals surface area contributed by atoms with Gasteiger partial charge in [-0.1, -0.05) is 255 Å². The number of quaternary nitrogens is 2. The van der Waals surface area contributed by atoms with Crippen LogP contribution < -0.4 is 9.79 Å². The number of hydrogen-bond donors (Lipinski definition) is 0. The van der Waals surface area contributed by atoms with Gasteiger partial charge in [-0.3, -0.25) is 37.7 Å². The lowest BCUT2D eigenvalue weighted by Gasteiger charge is -2.28. The Morgan fingerprint density at radius 1 is 0.365 bits per heavy atom. The third-order valence-corrected chi connectivity index (χ3v) is 20.5. The van der Waals surface area contributed by atoms with Crippen LogP contribution in [0.5, 0.6) is 0 Å². The monoisotopic (exact) mass is 1520 g/mol. The summed E-state index contributed by atoms with van der Waals surface area (Å²) in [4.78, 5) is 76.2. The lowest BCUT2D eigenvalue weighted by molar-refractivity contribution is -0.870. The van der Waals surface area contributed by atoms with E-state index in [4.69, 9.17) is 37.0 Å². The molecule has 0 radical (unpaired) electrons. The van der Waals surface area contributed by atoms with Crippen molar-refractivity contribution >= 4 is 39.5 Å². The van der Waals surface area contributed by atoms with Crippen LogP contribution in [-0.4, -0.2) is 170 Å². The maximum absolute atomic E-state index is 12.9. The van der Waals surface area contributed by atoms with Crippen LogP contribution in [0.15, 0.2) is 12.4 Å². The maximum Gasteiger partial charge on any atom is 0.306 e. The fourth-order valence-electron chi connectivity index (χ4n) is 12.0. The molecule has 0 spiro atoms. The smallest absolute Gasteiger partial charge is 0.306 e. The van der Waals surface area contributed by atoms with Crippen LogP contribution in [-0.2, 0) is 91.3 Å². The molecule has 104 heavy (non-hydrogen) atoms. The second-order valence-corrected chi connectivity index (χ2v) is 33.9. The number of carbonyl (C=O) groups excluding carboxylic acids is 4. The van der Waals surface area contributed by atoms with E-state index in [1.54, 1.807) is 0 Å². The van der Waals surface area contributed by atoms with Gasteiger partial charge in [0.25, 0.3) is 15.6 Å². The van der Waals surface area contributed by atoms with Crippen LogP contribution >= 0.6 is 15.6 Å². The Labute approximate surface area is 629 Å². The number of nitrogens with zero attached hydrogens (tertiary/aromatic N) is 8. The van der Waals surface area contributed by atoms with Gasteiger partial charge in [0.1, 0.15) is 39.5 Å². The largest absolute Gasteiger partial charge is 0.756 e. The van der Waals surface area contributed by atoms with E-state index < -0.39 is 64.9 Å². The molecule has 606 valence electrons. The number of aromatic nitrogens is 6. The molecule has 0 aliphatic heterocycles. The topological polar surface area (TPSA) is 284 Å². The Hall–Kier alpha value is -3.70. The van der Waals surface area contributed by atoms with E-state index in [0.717, 1.165) is 166 Å². The zero-order valence-corrected chi connectivity index (χ0v) is 68.5. The number of phosphoric acid groups is 2. The van der Waals surface area contributed by atoms with Crippen LogP contribution in [0.4, 0.5) is 0 Å². The molecule has 0 saturated carbocycles. The highest BCUT2D eigenvalue weighted by molar-refractivity contribution is 7.46. The average Bonchev–Trinajstić information content (AvgIpc) is 1.62. The predicted octanol–water partition coefficient (Wildman–Crippen LogP) is 16.7. The van der Waals surface area contributed by atoms with Crippen molar-refractivity contribution in [3.8, 4) is 0 Å². The zero-order chi connectivity index (χ0) is 76.1. The summed E-state index contributed by atoms with van der Waals surface area (Å²) in [5, 5.41) is 17.5. The van der Waals surface area contributed by atoms with Crippen molar-refractivity contribution in [2.24, 2.45) is 0 Å². The number of unbranched alkanes of at least 4 members (excludes halogenated alkanes) is 39. The van der Waals surface area contributed by atoms with Crippen LogP contribution in [0.25, 0.3) is 0 Å². The molecule has 0 saturated heterocycles. The Kier molecular flexibility index (Phi) is 57.6. The summed E-state index contributed by atoms with van der Waals surface area (Å²) in [5.74, 6) is -1.81. The Morgan fingerprint density at radius 2 is 0.625 bits per heavy atom. The van der Waals surface area contributed by atoms with Gasteiger partial charge in [-0.15, -0.1) is 10.2 Å². The molecule has 2 aromatic heterocycles. The first-order chi connectivity index (χ1) is 50.0. The first kappa shape index (κ1) is 96.4. The summed E-state index contributed by atoms with van der Waals surface area (Å²) >= 11 is 0. The molecular weight excluding hydrogens is 1370 g/mol. The van der Waals surface area contributed by atoms with Crippen LogP contribution in [0, 0.1) is 0 Å². The van der Waals surface area contributed by atoms with E-state index >= 15 is 0 Å². The number of esters is 4. The van der Waals surface area contributed by atoms with Crippen molar-refractivity contribution < 1.29 is 84.1 Å². The molecule has 2 rings (SSSR count). The molecule has 26 heteroatoms. The standard InChI is InChI=1S/C78H148N8O16P2/c1-9-11-13-15-17-19-21-23-25-27-29-39-47-55-75(87)95-67-73(69-99-103(91,92)97-63-61-85(3,4)5)101-77(89)57-49-41-33-31-37-45-53-71-65-83(81-79-71)59-51-43-35-36-44-52-60-84-66-72(80-82-84)54-46-38-32-34-42-50-58-78(90)102-74(70-100-104(93,94)98-64-62-86(6,7)8)68-96-76(88)56-48-40-30-28-26-24-22-20-18-16-14-12-10-2/h65-66,73-74H,9-64,67-70H2,1-8H3/t73-,74-/m1/s1. The first-order valence-corrected chi connectivity index (χ1v) is 44.2. The number of aryl methyl sites for hydroxylation is 4. The van der Waals surface area contributed by atoms with Crippen molar-refractivity contribution in [2.45, 2.75) is 360 Å². The Morgan fingerprint density at radius 3 is 0.913 bits per heavy atom. The average molecular weight is 1520 g/mol. The zero-order valence-electron chi connectivity index (χ0n) is 66.7. The van der Waals surface area contributed by atoms with E-state index in [2.05, 4.69) is 46.9 Å². The van der Waals surface area contributed by atoms with Gasteiger partial charge in [-0.05, 0) is 64.2 Å². The number of rotatable bonds is 75. The quantitative estimate of drug-likeness (QED) is 0.0195. The highest BCUT2D eigenvalue weighted by atomic mass is 31.2. The molecule has 2 unspecified atom stereocenters. The van der Waals surface area contributed by atoms with Gasteiger partial charge in [0.05, 0.1) is 66.9 Å². The third kappa shape index (κ3) is 61.2. The molecule has 0 aliphatic rings. The molecule has 2 aromatic rings. The number of ether oxygens (including phenoxy) is 4. The molecular formula is C78H148N8O16P2. The molecule has 0 amide bonds. The highest BCUT2D eigenvalue weighted by Gasteiger charge is 2.24. The molecule has 24 nitrogen and oxygen atoms in total. The van der Waals surface area contributed by atoms with Gasteiger partial charge in [-0.2, -0.15) is 0 Å². The lowest BCUT2D eigenvalue weighted by atomic mass is 10.0. The van der Waals surface area contributed by atoms with Crippen molar-refractivity contribution in [3.63, 3.8) is 0 Å². The van der Waals surface area contributed by atoms with Crippen LogP contribution in [0.3, 0.4) is 0 Å². The molecule has 0 fully saturated rings. The summed E-state index contributed by atoms with van der Waals surface area (Å²) in [6, 6.07) is 0. The highest BCUT2D eigenvalue weighted by Crippen LogP contribution is 2.39. The molecule has 0 aliphatic carbocycles. The van der Waals surface area contributed by atoms with Gasteiger partial charge >= 0.3 is 23.9 Å². The van der Waals surface area contributed by atoms with Gasteiger partial charge in [0.15, 0.2) is 12.2 Å². The summed E-state index contributed by atoms with van der Waals surface area (Å²) in [6.45, 7) is 5.37. The molecule has 0 aromatic carbocycles. The van der Waals surface area contributed by atoms with Gasteiger partial charge < -0.3 is 55.8 Å². The molecule has 0 bridgehead atoms. The van der Waals surface area contributed by atoms with Crippen molar-refractivity contribution in [3.05, 3.63) is 23.8 Å². The van der Waals surface area contributed by atoms with Gasteiger partial charge in [-0.25, -0.2) is 0 Å². The minimum Gasteiger partial charge on any atom is -0.756 e. The summed E-state index contributed by atoms with van der Waals surface area (Å²) in [5.41, 5.74) is 2.00. The number of carbonyl (C=O) groups is 4. The van der Waals surface area contributed by atoms with E-state index in [-0.39, 0.29) is 52.1 Å². The molecule has 4 atom stereocenters. The van der Waals surface area contributed by atoms with Crippen LogP contribution in [0.1, 0.15) is 333 Å². The number of hydrogen-bond acceptors (Lipinski definition) is 20. The third-order valence-electron chi connectivity index (χ3n) is 18.6. The van der Waals surface area contributed by atoms with E-state index in [0.29, 0.717) is 47.7 Å². The maximum atomic E-state index is 12.9. The normalized spacial score (nSPS) is 13.8. The fraction of sp³-hybridized carbons (Fsp3) is 0.897. The predicted molar refractivity (Wildman–Crippen MR) is 407 cm³/mol. The lowest BCUT2D eigenvalue weighted by Crippen LogP contribution is -2.37. The van der Waals surface area contributed by atoms with Crippen molar-refractivity contribution in [2.75, 3.05) is 95.0 Å². The first-order valence-electron chi connectivity index (χ1n) is 41.3. The van der Waals surface area contributed by atoms with Gasteiger partial charge in [0.2, 0.25) is 0 Å². The minimum atomic E-state index is -4.68. The number of likely N-dealkylation sites (N-methyl/N-ethyl adjacent to an activating group) is 2. The second-order valence-electron chi connectivity index (χ2n) is 31.1. The second kappa shape index (κ2) is 62.1. The SMILES string of the molecule is CCCCCCCCCCCCCCCC(=O)OC[C@H](COP(=O)([O-])OCC[N+](C)(C)C)OC(=O)CCCCCCCCc1cn(CCCCCCCCn2cc(CCCCCCCCC(=O)O[C@H](COC(=O)CCCCCCCCCCCCCCC)COP(=O)([O-])OCC[N+](C)(C)C)nn2)nn1. The van der Waals surface area contributed by atoms with Gasteiger partial charge in [0, 0.05) is 51.2 Å². The summed E-state index contributed by atoms with van der Waals surface area (Å²) in [7, 11) is 2.16. The van der Waals surface area contributed by atoms with E-state index in [9.17, 15) is 38.1 Å². The van der Waals surface area contributed by atoms with E-state index in [1.807, 2.05) is 51.6 Å². The fourth-order valence-corrected chi connectivity index (χ4v) is 13.5. The summed E-state index contributed by atoms with van der Waals surface area (Å²) in [6.07, 6.45) is 53.5.